The highest BCUT2D eigenvalue weighted by molar-refractivity contribution is 6.09. The molecule has 1 spiro atoms. The summed E-state index contributed by atoms with van der Waals surface area (Å²) >= 11 is 0. The summed E-state index contributed by atoms with van der Waals surface area (Å²) in [5.74, 6) is 1.99. The van der Waals surface area contributed by atoms with Gasteiger partial charge in [-0.3, -0.25) is 29.3 Å². The minimum absolute atomic E-state index is 0.0738. The fourth-order valence-electron chi connectivity index (χ4n) is 14.2. The van der Waals surface area contributed by atoms with E-state index in [-0.39, 0.29) is 53.5 Å². The van der Waals surface area contributed by atoms with E-state index in [1.54, 1.807) is 6.20 Å². The second kappa shape index (κ2) is 19.3. The molecule has 9 heterocycles. The zero-order valence-corrected chi connectivity index (χ0v) is 44.0. The molecule has 7 fully saturated rings. The Morgan fingerprint density at radius 1 is 0.797 bits per heavy atom. The van der Waals surface area contributed by atoms with Gasteiger partial charge in [-0.05, 0) is 146 Å². The summed E-state index contributed by atoms with van der Waals surface area (Å²) < 4.78 is 2.21. The number of likely N-dealkylation sites (tertiary alicyclic amines) is 3. The van der Waals surface area contributed by atoms with Crippen molar-refractivity contribution in [3.05, 3.63) is 60.0 Å². The maximum absolute atomic E-state index is 15.3. The number of benzene rings is 1. The van der Waals surface area contributed by atoms with Crippen LogP contribution in [0.3, 0.4) is 0 Å². The number of aromatic nitrogens is 4. The number of carbonyl (C=O) groups is 5. The Morgan fingerprint density at radius 3 is 2.20 bits per heavy atom. The Kier molecular flexibility index (Phi) is 12.8. The standard InChI is InChI=1S/C58H75N11O5/c1-36(2)68-35-60-47-33-46(62-52(51(47)68)61-41-28-37(3)29-41)39-8-11-45-48(30-39)69(43-31-42(32-43)64-20-6-5-7-21-64)56(74)58(45)18-26-67(27-19-58)55(73)57(4)16-24-66(25-17-57)54(72)38-14-22-65(23-15-38)49-12-9-40(34-59-49)44-10-13-50(70)63-53(44)71/h8-9,11-12,30,33-38,41-44H,5-7,10,13-29,31-32H2,1-4H3,(H,61,62)(H,63,70,71). The molecular weight excluding hydrogens is 931 g/mol. The lowest BCUT2D eigenvalue weighted by Gasteiger charge is -2.48. The van der Waals surface area contributed by atoms with E-state index in [9.17, 15) is 19.2 Å². The monoisotopic (exact) mass is 1010 g/mol. The number of hydrogen-bond donors (Lipinski definition) is 2. The van der Waals surface area contributed by atoms with Gasteiger partial charge in [-0.25, -0.2) is 15.0 Å². The van der Waals surface area contributed by atoms with E-state index in [0.717, 1.165) is 102 Å². The predicted octanol–water partition coefficient (Wildman–Crippen LogP) is 7.57. The van der Waals surface area contributed by atoms with Gasteiger partial charge < -0.3 is 34.4 Å². The smallest absolute Gasteiger partial charge is 0.238 e. The van der Waals surface area contributed by atoms with Crippen molar-refractivity contribution < 1.29 is 24.0 Å². The summed E-state index contributed by atoms with van der Waals surface area (Å²) in [6.45, 7) is 14.6. The van der Waals surface area contributed by atoms with Gasteiger partial charge in [-0.1, -0.05) is 38.5 Å². The molecule has 5 saturated heterocycles. The molecular formula is C58H75N11O5. The van der Waals surface area contributed by atoms with E-state index >= 15 is 4.79 Å². The van der Waals surface area contributed by atoms with Gasteiger partial charge in [-0.15, -0.1) is 0 Å². The van der Waals surface area contributed by atoms with Gasteiger partial charge in [-0.2, -0.15) is 0 Å². The Labute approximate surface area is 435 Å². The summed E-state index contributed by atoms with van der Waals surface area (Å²) in [5.41, 5.74) is 5.44. The third-order valence-electron chi connectivity index (χ3n) is 19.1. The quantitative estimate of drug-likeness (QED) is 0.150. The minimum Gasteiger partial charge on any atom is -0.366 e. The van der Waals surface area contributed by atoms with Crippen molar-refractivity contribution in [2.45, 2.75) is 160 Å². The summed E-state index contributed by atoms with van der Waals surface area (Å²) in [4.78, 5) is 93.9. The molecule has 6 aliphatic heterocycles. The molecule has 2 N–H and O–H groups in total. The van der Waals surface area contributed by atoms with Gasteiger partial charge in [0.05, 0.1) is 28.9 Å². The van der Waals surface area contributed by atoms with Crippen LogP contribution < -0.4 is 20.4 Å². The molecule has 1 aromatic carbocycles. The van der Waals surface area contributed by atoms with Crippen LogP contribution in [0.5, 0.6) is 0 Å². The van der Waals surface area contributed by atoms with Gasteiger partial charge in [0, 0.05) is 98.6 Å². The molecule has 8 aliphatic rings. The SMILES string of the molecule is CC1CC(Nc2nc(-c3ccc4c(c3)N(C3CC(N5CCCCC5)C3)C(=O)C43CCN(C(=O)C4(C)CCN(C(=O)C5CCN(c6ccc(C7CCC(=O)NC7=O)cn6)CC5)CC4)CC3)cc3ncn(C(C)C)c23)C1. The third kappa shape index (κ3) is 8.73. The average Bonchev–Trinajstić information content (AvgIpc) is 3.95. The van der Waals surface area contributed by atoms with Crippen LogP contribution in [0, 0.1) is 17.3 Å². The van der Waals surface area contributed by atoms with E-state index in [2.05, 4.69) is 86.8 Å². The molecule has 1 unspecified atom stereocenters. The molecule has 4 aromatic rings. The zero-order chi connectivity index (χ0) is 51.0. The van der Waals surface area contributed by atoms with Crippen LogP contribution in [-0.4, -0.2) is 134 Å². The van der Waals surface area contributed by atoms with Crippen LogP contribution in [0.25, 0.3) is 22.3 Å². The van der Waals surface area contributed by atoms with Crippen LogP contribution >= 0.6 is 0 Å². The fourth-order valence-corrected chi connectivity index (χ4v) is 14.2. The number of pyridine rings is 2. The first-order valence-electron chi connectivity index (χ1n) is 28.2. The first-order chi connectivity index (χ1) is 35.7. The van der Waals surface area contributed by atoms with Crippen molar-refractivity contribution in [2.24, 2.45) is 17.3 Å². The number of nitrogens with zero attached hydrogens (tertiary/aromatic N) is 9. The van der Waals surface area contributed by atoms with Crippen molar-refractivity contribution >= 4 is 57.9 Å². The number of rotatable bonds is 10. The number of carbonyl (C=O) groups excluding carboxylic acids is 5. The van der Waals surface area contributed by atoms with E-state index in [0.29, 0.717) is 95.8 Å². The Morgan fingerprint density at radius 2 is 1.53 bits per heavy atom. The first kappa shape index (κ1) is 49.0. The molecule has 2 saturated carbocycles. The van der Waals surface area contributed by atoms with E-state index in [1.165, 1.54) is 19.3 Å². The second-order valence-corrected chi connectivity index (χ2v) is 24.1. The molecule has 16 nitrogen and oxygen atoms in total. The van der Waals surface area contributed by atoms with Crippen molar-refractivity contribution in [3.63, 3.8) is 0 Å². The molecule has 392 valence electrons. The van der Waals surface area contributed by atoms with Crippen LogP contribution in [-0.2, 0) is 29.4 Å². The summed E-state index contributed by atoms with van der Waals surface area (Å²) in [7, 11) is 0. The number of fused-ring (bicyclic) bond motifs is 3. The Hall–Kier alpha value is -5.90. The lowest BCUT2D eigenvalue weighted by Crippen LogP contribution is -2.59. The van der Waals surface area contributed by atoms with Gasteiger partial charge in [0.15, 0.2) is 5.82 Å². The lowest BCUT2D eigenvalue weighted by molar-refractivity contribution is -0.150. The third-order valence-corrected chi connectivity index (χ3v) is 19.1. The highest BCUT2D eigenvalue weighted by Gasteiger charge is 2.57. The van der Waals surface area contributed by atoms with Crippen molar-refractivity contribution in [1.29, 1.82) is 0 Å². The normalized spacial score (nSPS) is 27.3. The van der Waals surface area contributed by atoms with E-state index in [1.807, 2.05) is 28.3 Å². The second-order valence-electron chi connectivity index (χ2n) is 24.1. The van der Waals surface area contributed by atoms with Crippen LogP contribution in [0.15, 0.2) is 48.9 Å². The van der Waals surface area contributed by atoms with Crippen LogP contribution in [0.4, 0.5) is 17.3 Å². The number of imidazole rings is 1. The van der Waals surface area contributed by atoms with Gasteiger partial charge in [0.2, 0.25) is 29.5 Å². The Balaban J connectivity index is 0.710. The summed E-state index contributed by atoms with van der Waals surface area (Å²) in [6.07, 6.45) is 16.4. The first-order valence-corrected chi connectivity index (χ1v) is 28.2. The molecule has 12 rings (SSSR count). The lowest BCUT2D eigenvalue weighted by atomic mass is 9.72. The van der Waals surface area contributed by atoms with Gasteiger partial charge >= 0.3 is 0 Å². The van der Waals surface area contributed by atoms with Gasteiger partial charge in [0.25, 0.3) is 0 Å². The largest absolute Gasteiger partial charge is 0.366 e. The molecule has 74 heavy (non-hydrogen) atoms. The fraction of sp³-hybridized carbons (Fsp3) is 0.621. The van der Waals surface area contributed by atoms with Crippen molar-refractivity contribution in [1.82, 2.24) is 39.5 Å². The number of hydrogen-bond acceptors (Lipinski definition) is 11. The summed E-state index contributed by atoms with van der Waals surface area (Å²) in [5, 5.41) is 6.23. The van der Waals surface area contributed by atoms with Gasteiger partial charge in [0.1, 0.15) is 11.3 Å². The predicted molar refractivity (Wildman–Crippen MR) is 285 cm³/mol. The molecule has 0 bridgehead atoms. The molecule has 0 radical (unpaired) electrons. The maximum Gasteiger partial charge on any atom is 0.238 e. The number of nitrogens with one attached hydrogen (secondary N) is 2. The highest BCUT2D eigenvalue weighted by atomic mass is 16.2. The van der Waals surface area contributed by atoms with E-state index < -0.39 is 10.8 Å². The van der Waals surface area contributed by atoms with Crippen LogP contribution in [0.1, 0.15) is 147 Å². The van der Waals surface area contributed by atoms with Crippen LogP contribution in [0.2, 0.25) is 0 Å². The number of piperidine rings is 5. The number of imide groups is 1. The van der Waals surface area contributed by atoms with E-state index in [4.69, 9.17) is 9.97 Å². The topological polar surface area (TPSA) is 169 Å². The summed E-state index contributed by atoms with van der Waals surface area (Å²) in [6, 6.07) is 13.9. The zero-order valence-electron chi connectivity index (χ0n) is 44.0. The Bertz CT molecular complexity index is 2820. The molecule has 5 amide bonds. The molecule has 1 atom stereocenters. The number of anilines is 3. The maximum atomic E-state index is 15.3. The highest BCUT2D eigenvalue weighted by Crippen LogP contribution is 2.53. The molecule has 16 heteroatoms. The average molecular weight is 1010 g/mol. The van der Waals surface area contributed by atoms with Crippen molar-refractivity contribution in [3.8, 4) is 11.3 Å². The number of amides is 5. The minimum atomic E-state index is -0.691. The molecule has 2 aliphatic carbocycles. The molecule has 3 aromatic heterocycles. The van der Waals surface area contributed by atoms with Crippen molar-refractivity contribution in [2.75, 3.05) is 67.5 Å².